The van der Waals surface area contributed by atoms with Crippen molar-refractivity contribution in [1.29, 1.82) is 0 Å². The van der Waals surface area contributed by atoms with Gasteiger partial charge in [-0.25, -0.2) is 22.8 Å². The summed E-state index contributed by atoms with van der Waals surface area (Å²) in [7, 11) is -2.88. The quantitative estimate of drug-likeness (QED) is 0.393. The van der Waals surface area contributed by atoms with Crippen molar-refractivity contribution in [2.24, 2.45) is 18.9 Å². The molecule has 0 radical (unpaired) electrons. The minimum Gasteiger partial charge on any atom is -0.449 e. The Hall–Kier alpha value is -3.94. The van der Waals surface area contributed by atoms with E-state index in [0.717, 1.165) is 0 Å². The molecule has 0 atom stereocenters. The van der Waals surface area contributed by atoms with E-state index in [1.54, 1.807) is 51.7 Å². The van der Waals surface area contributed by atoms with Gasteiger partial charge in [-0.1, -0.05) is 46.0 Å². The second-order valence-electron chi connectivity index (χ2n) is 10.6. The highest BCUT2D eigenvalue weighted by atomic mass is 32.2. The first-order valence-electron chi connectivity index (χ1n) is 12.7. The van der Waals surface area contributed by atoms with Crippen LogP contribution >= 0.6 is 0 Å². The standard InChI is InChI=1S/C26H35N5O8S/c1-15(2)13-38-25(34)29-22-12-18(17(5)6)19(21-9-10-27-28(21)7)11-20(22)23(32)30(24(29)33)31(40(8,36)37)26(35)39-14-16(3)4/h9-12,15-17H,13-14H2,1-8H3. The predicted molar refractivity (Wildman–Crippen MR) is 150 cm³/mol. The Balaban J connectivity index is 2.50. The van der Waals surface area contributed by atoms with Crippen LogP contribution < -0.4 is 15.7 Å². The zero-order chi connectivity index (χ0) is 30.1. The Kier molecular flexibility index (Phi) is 8.92. The third-order valence-corrected chi connectivity index (χ3v) is 6.78. The summed E-state index contributed by atoms with van der Waals surface area (Å²) in [6.07, 6.45) is -0.390. The summed E-state index contributed by atoms with van der Waals surface area (Å²) >= 11 is 0. The first-order chi connectivity index (χ1) is 18.6. The zero-order valence-electron chi connectivity index (χ0n) is 23.9. The summed E-state index contributed by atoms with van der Waals surface area (Å²) in [5, 5.41) is 3.99. The van der Waals surface area contributed by atoms with Crippen molar-refractivity contribution in [2.45, 2.75) is 47.5 Å². The number of benzene rings is 1. The number of hydrogen-bond donors (Lipinski definition) is 0. The number of aromatic nitrogens is 4. The van der Waals surface area contributed by atoms with E-state index in [9.17, 15) is 27.6 Å². The molecule has 0 saturated heterocycles. The zero-order valence-corrected chi connectivity index (χ0v) is 24.7. The van der Waals surface area contributed by atoms with Crippen LogP contribution in [0.15, 0.2) is 34.0 Å². The number of ether oxygens (including phenoxy) is 2. The summed E-state index contributed by atoms with van der Waals surface area (Å²) in [5.74, 6) is -0.374. The molecule has 1 aromatic carbocycles. The van der Waals surface area contributed by atoms with Crippen LogP contribution in [-0.4, -0.2) is 59.1 Å². The van der Waals surface area contributed by atoms with Gasteiger partial charge in [0.1, 0.15) is 0 Å². The van der Waals surface area contributed by atoms with Crippen LogP contribution in [0.3, 0.4) is 0 Å². The van der Waals surface area contributed by atoms with Crippen molar-refractivity contribution in [2.75, 3.05) is 23.9 Å². The number of amides is 1. The van der Waals surface area contributed by atoms with Crippen molar-refractivity contribution in [3.8, 4) is 11.3 Å². The van der Waals surface area contributed by atoms with Crippen LogP contribution in [0.2, 0.25) is 0 Å². The molecule has 14 heteroatoms. The van der Waals surface area contributed by atoms with Crippen LogP contribution in [-0.2, 0) is 26.5 Å². The second-order valence-corrected chi connectivity index (χ2v) is 12.4. The smallest absolute Gasteiger partial charge is 0.444 e. The Bertz CT molecular complexity index is 1660. The van der Waals surface area contributed by atoms with Gasteiger partial charge in [-0.15, -0.1) is 4.68 Å². The number of hydrogen-bond acceptors (Lipinski definition) is 9. The van der Waals surface area contributed by atoms with Crippen LogP contribution in [0.25, 0.3) is 22.2 Å². The van der Waals surface area contributed by atoms with Crippen molar-refractivity contribution in [1.82, 2.24) is 19.0 Å². The van der Waals surface area contributed by atoms with E-state index in [2.05, 4.69) is 5.10 Å². The lowest BCUT2D eigenvalue weighted by Crippen LogP contribution is -2.58. The first-order valence-corrected chi connectivity index (χ1v) is 14.6. The highest BCUT2D eigenvalue weighted by Gasteiger charge is 2.34. The third-order valence-electron chi connectivity index (χ3n) is 5.84. The van der Waals surface area contributed by atoms with E-state index in [4.69, 9.17) is 9.47 Å². The molecule has 0 aliphatic rings. The van der Waals surface area contributed by atoms with Gasteiger partial charge in [-0.05, 0) is 41.5 Å². The molecule has 1 amide bonds. The summed E-state index contributed by atoms with van der Waals surface area (Å²) in [5.41, 5.74) is -0.749. The lowest BCUT2D eigenvalue weighted by molar-refractivity contribution is 0.132. The molecule has 0 bridgehead atoms. The van der Waals surface area contributed by atoms with Crippen LogP contribution in [0, 0.1) is 11.8 Å². The molecule has 0 fully saturated rings. The number of carbonyl (C=O) groups excluding carboxylic acids is 2. The Morgan fingerprint density at radius 1 is 1.00 bits per heavy atom. The molecule has 40 heavy (non-hydrogen) atoms. The Morgan fingerprint density at radius 3 is 2.10 bits per heavy atom. The molecule has 13 nitrogen and oxygen atoms in total. The maximum Gasteiger partial charge on any atom is 0.444 e. The average molecular weight is 578 g/mol. The van der Waals surface area contributed by atoms with Crippen molar-refractivity contribution in [3.63, 3.8) is 0 Å². The van der Waals surface area contributed by atoms with Gasteiger partial charge < -0.3 is 9.47 Å². The molecular formula is C26H35N5O8S. The van der Waals surface area contributed by atoms with E-state index in [0.29, 0.717) is 27.6 Å². The lowest BCUT2D eigenvalue weighted by Gasteiger charge is -2.23. The SMILES string of the molecule is CC(C)COC(=O)N(n1c(=O)c2cc(-c3ccnn3C)c(C(C)C)cc2n(C(=O)OCC(C)C)c1=O)S(C)(=O)=O. The molecule has 0 aliphatic carbocycles. The minimum atomic E-state index is -4.59. The first kappa shape index (κ1) is 30.6. The molecule has 2 aromatic heterocycles. The monoisotopic (exact) mass is 577 g/mol. The van der Waals surface area contributed by atoms with Crippen molar-refractivity contribution >= 4 is 33.1 Å². The number of sulfonamides is 1. The minimum absolute atomic E-state index is 0.0533. The van der Waals surface area contributed by atoms with Crippen LogP contribution in [0.1, 0.15) is 53.0 Å². The summed E-state index contributed by atoms with van der Waals surface area (Å²) < 4.78 is 38.1. The van der Waals surface area contributed by atoms with Crippen molar-refractivity contribution < 1.29 is 27.5 Å². The highest BCUT2D eigenvalue weighted by molar-refractivity contribution is 7.92. The Morgan fingerprint density at radius 2 is 1.60 bits per heavy atom. The summed E-state index contributed by atoms with van der Waals surface area (Å²) in [6.45, 7) is 10.6. The average Bonchev–Trinajstić information content (AvgIpc) is 3.27. The molecule has 2 heterocycles. The van der Waals surface area contributed by atoms with Gasteiger partial charge >= 0.3 is 17.9 Å². The van der Waals surface area contributed by atoms with E-state index in [-0.39, 0.29) is 51.0 Å². The molecule has 3 rings (SSSR count). The maximum absolute atomic E-state index is 13.9. The van der Waals surface area contributed by atoms with Gasteiger partial charge in [0.15, 0.2) is 0 Å². The van der Waals surface area contributed by atoms with Gasteiger partial charge in [0.25, 0.3) is 15.6 Å². The molecule has 0 saturated carbocycles. The topological polar surface area (TPSA) is 152 Å². The molecule has 0 spiro atoms. The second kappa shape index (κ2) is 11.7. The third kappa shape index (κ3) is 6.11. The molecule has 0 aliphatic heterocycles. The fraction of sp³-hybridized carbons (Fsp3) is 0.500. The number of carbonyl (C=O) groups is 2. The largest absolute Gasteiger partial charge is 0.449 e. The highest BCUT2D eigenvalue weighted by Crippen LogP contribution is 2.32. The van der Waals surface area contributed by atoms with Gasteiger partial charge in [0.05, 0.1) is 36.1 Å². The molecule has 0 N–H and O–H groups in total. The fourth-order valence-corrected chi connectivity index (χ4v) is 4.76. The number of fused-ring (bicyclic) bond motifs is 1. The van der Waals surface area contributed by atoms with E-state index < -0.39 is 33.5 Å². The van der Waals surface area contributed by atoms with Crippen LogP contribution in [0.4, 0.5) is 9.59 Å². The Labute approximate surface area is 231 Å². The molecule has 3 aromatic rings. The van der Waals surface area contributed by atoms with E-state index in [1.165, 1.54) is 12.1 Å². The predicted octanol–water partition coefficient (Wildman–Crippen LogP) is 3.02. The number of rotatable bonds is 8. The van der Waals surface area contributed by atoms with Crippen molar-refractivity contribution in [3.05, 3.63) is 50.8 Å². The van der Waals surface area contributed by atoms with Gasteiger partial charge in [0, 0.05) is 18.8 Å². The van der Waals surface area contributed by atoms with E-state index in [1.807, 2.05) is 13.8 Å². The van der Waals surface area contributed by atoms with Gasteiger partial charge in [0.2, 0.25) is 0 Å². The van der Waals surface area contributed by atoms with Crippen LogP contribution in [0.5, 0.6) is 0 Å². The summed E-state index contributed by atoms with van der Waals surface area (Å²) in [4.78, 5) is 53.9. The molecule has 0 unspecified atom stereocenters. The molecule has 218 valence electrons. The van der Waals surface area contributed by atoms with Gasteiger partial charge in [-0.3, -0.25) is 9.48 Å². The maximum atomic E-state index is 13.9. The normalized spacial score (nSPS) is 12.0. The number of aryl methyl sites for hydroxylation is 1. The van der Waals surface area contributed by atoms with E-state index >= 15 is 0 Å². The number of nitrogens with zero attached hydrogens (tertiary/aromatic N) is 5. The lowest BCUT2D eigenvalue weighted by atomic mass is 9.93. The summed E-state index contributed by atoms with van der Waals surface area (Å²) in [6, 6.07) is 4.70. The fourth-order valence-electron chi connectivity index (χ4n) is 3.99. The molecular weight excluding hydrogens is 542 g/mol. The van der Waals surface area contributed by atoms with Gasteiger partial charge in [-0.2, -0.15) is 9.67 Å².